The highest BCUT2D eigenvalue weighted by atomic mass is 16.2. The molecule has 3 rings (SSSR count). The fourth-order valence-electron chi connectivity index (χ4n) is 2.94. The van der Waals surface area contributed by atoms with E-state index in [1.807, 2.05) is 24.5 Å². The fourth-order valence-corrected chi connectivity index (χ4v) is 2.94. The first-order valence-corrected chi connectivity index (χ1v) is 8.10. The molecule has 2 amide bonds. The second-order valence-electron chi connectivity index (χ2n) is 6.35. The van der Waals surface area contributed by atoms with E-state index in [0.29, 0.717) is 17.7 Å². The molecule has 7 heteroatoms. The van der Waals surface area contributed by atoms with Gasteiger partial charge in [-0.1, -0.05) is 6.07 Å². The second kappa shape index (κ2) is 6.77. The Hall–Kier alpha value is -3.14. The molecule has 0 unspecified atom stereocenters. The van der Waals surface area contributed by atoms with E-state index < -0.39 is 6.04 Å². The van der Waals surface area contributed by atoms with E-state index in [1.54, 1.807) is 41.7 Å². The van der Waals surface area contributed by atoms with E-state index in [2.05, 4.69) is 10.3 Å². The highest BCUT2D eigenvalue weighted by Crippen LogP contribution is 2.23. The number of carbonyl (C=O) groups excluding carboxylic acids is 2. The Morgan fingerprint density at radius 3 is 2.92 bits per heavy atom. The standard InChI is InChI=1S/C18H19N5O2/c1-12(2)21-17(24)16-10-22(9-15-8-20-11-23(15)16)18(25)14-5-3-4-13(6-14)7-19/h3-6,8,11-12,16H,9-10H2,1-2H3,(H,21,24)/t16-/m1/s1. The van der Waals surface area contributed by atoms with Crippen molar-refractivity contribution in [1.29, 1.82) is 5.26 Å². The van der Waals surface area contributed by atoms with Crippen LogP contribution in [0, 0.1) is 11.3 Å². The van der Waals surface area contributed by atoms with E-state index in [-0.39, 0.29) is 24.4 Å². The van der Waals surface area contributed by atoms with Gasteiger partial charge in [0.25, 0.3) is 5.91 Å². The van der Waals surface area contributed by atoms with E-state index in [9.17, 15) is 9.59 Å². The maximum Gasteiger partial charge on any atom is 0.254 e. The summed E-state index contributed by atoms with van der Waals surface area (Å²) in [7, 11) is 0. The van der Waals surface area contributed by atoms with Crippen molar-refractivity contribution in [2.24, 2.45) is 0 Å². The van der Waals surface area contributed by atoms with Gasteiger partial charge in [0.15, 0.2) is 0 Å². The molecule has 0 bridgehead atoms. The molecule has 1 atom stereocenters. The van der Waals surface area contributed by atoms with E-state index in [4.69, 9.17) is 5.26 Å². The lowest BCUT2D eigenvalue weighted by molar-refractivity contribution is -0.125. The molecule has 0 spiro atoms. The summed E-state index contributed by atoms with van der Waals surface area (Å²) in [5.74, 6) is -0.343. The molecule has 1 aliphatic heterocycles. The Kier molecular flexibility index (Phi) is 4.52. The number of carbonyl (C=O) groups is 2. The summed E-state index contributed by atoms with van der Waals surface area (Å²) in [6.45, 7) is 4.43. The largest absolute Gasteiger partial charge is 0.352 e. The number of rotatable bonds is 3. The lowest BCUT2D eigenvalue weighted by Gasteiger charge is -2.34. The summed E-state index contributed by atoms with van der Waals surface area (Å²) in [6.07, 6.45) is 3.29. The third-order valence-corrected chi connectivity index (χ3v) is 4.09. The number of amides is 2. The summed E-state index contributed by atoms with van der Waals surface area (Å²) in [5.41, 5.74) is 1.68. The predicted molar refractivity (Wildman–Crippen MR) is 90.4 cm³/mol. The van der Waals surface area contributed by atoms with Crippen LogP contribution in [0.4, 0.5) is 0 Å². The van der Waals surface area contributed by atoms with Crippen LogP contribution in [-0.4, -0.2) is 38.9 Å². The van der Waals surface area contributed by atoms with Crippen LogP contribution in [0.2, 0.25) is 0 Å². The van der Waals surface area contributed by atoms with Gasteiger partial charge in [0.2, 0.25) is 5.91 Å². The monoisotopic (exact) mass is 337 g/mol. The molecule has 25 heavy (non-hydrogen) atoms. The zero-order chi connectivity index (χ0) is 18.0. The zero-order valence-electron chi connectivity index (χ0n) is 14.1. The number of aromatic nitrogens is 2. The van der Waals surface area contributed by atoms with Gasteiger partial charge in [-0.05, 0) is 32.0 Å². The summed E-state index contributed by atoms with van der Waals surface area (Å²) in [6, 6.07) is 8.11. The van der Waals surface area contributed by atoms with Crippen LogP contribution in [0.1, 0.15) is 41.5 Å². The average Bonchev–Trinajstić information content (AvgIpc) is 3.08. The van der Waals surface area contributed by atoms with Crippen LogP contribution < -0.4 is 5.32 Å². The van der Waals surface area contributed by atoms with Crippen molar-refractivity contribution in [2.75, 3.05) is 6.54 Å². The molecule has 1 aromatic heterocycles. The van der Waals surface area contributed by atoms with Gasteiger partial charge in [-0.15, -0.1) is 0 Å². The molecule has 2 aromatic rings. The zero-order valence-corrected chi connectivity index (χ0v) is 14.1. The minimum atomic E-state index is -0.517. The van der Waals surface area contributed by atoms with Gasteiger partial charge in [0, 0.05) is 17.8 Å². The topological polar surface area (TPSA) is 91.0 Å². The summed E-state index contributed by atoms with van der Waals surface area (Å²) in [5, 5.41) is 11.9. The van der Waals surface area contributed by atoms with Gasteiger partial charge in [-0.25, -0.2) is 4.98 Å². The van der Waals surface area contributed by atoms with Gasteiger partial charge in [-0.3, -0.25) is 9.59 Å². The molecule has 0 aliphatic carbocycles. The molecule has 0 radical (unpaired) electrons. The number of nitriles is 1. The predicted octanol–water partition coefficient (Wildman–Crippen LogP) is 1.48. The summed E-state index contributed by atoms with van der Waals surface area (Å²) >= 11 is 0. The minimum Gasteiger partial charge on any atom is -0.352 e. The van der Waals surface area contributed by atoms with Crippen molar-refractivity contribution >= 4 is 11.8 Å². The van der Waals surface area contributed by atoms with Crippen LogP contribution in [0.3, 0.4) is 0 Å². The van der Waals surface area contributed by atoms with Crippen LogP contribution >= 0.6 is 0 Å². The van der Waals surface area contributed by atoms with Crippen LogP contribution in [0.15, 0.2) is 36.8 Å². The molecule has 1 aliphatic rings. The van der Waals surface area contributed by atoms with Gasteiger partial charge in [0.1, 0.15) is 6.04 Å². The van der Waals surface area contributed by atoms with E-state index in [0.717, 1.165) is 5.69 Å². The first kappa shape index (κ1) is 16.7. The SMILES string of the molecule is CC(C)NC(=O)[C@H]1CN(C(=O)c2cccc(C#N)c2)Cc2cncn21. The van der Waals surface area contributed by atoms with Gasteiger partial charge < -0.3 is 14.8 Å². The average molecular weight is 337 g/mol. The Morgan fingerprint density at radius 2 is 2.20 bits per heavy atom. The molecule has 7 nitrogen and oxygen atoms in total. The van der Waals surface area contributed by atoms with E-state index >= 15 is 0 Å². The number of benzene rings is 1. The molecular formula is C18H19N5O2. The van der Waals surface area contributed by atoms with Crippen molar-refractivity contribution in [3.8, 4) is 6.07 Å². The Morgan fingerprint density at radius 1 is 1.40 bits per heavy atom. The number of fused-ring (bicyclic) bond motifs is 1. The Labute approximate surface area is 145 Å². The highest BCUT2D eigenvalue weighted by molar-refractivity contribution is 5.95. The summed E-state index contributed by atoms with van der Waals surface area (Å²) < 4.78 is 1.81. The first-order chi connectivity index (χ1) is 12.0. The normalized spacial score (nSPS) is 16.2. The molecule has 2 heterocycles. The van der Waals surface area contributed by atoms with Crippen LogP contribution in [0.5, 0.6) is 0 Å². The van der Waals surface area contributed by atoms with E-state index in [1.165, 1.54) is 0 Å². The number of hydrogen-bond acceptors (Lipinski definition) is 4. The third-order valence-electron chi connectivity index (χ3n) is 4.09. The van der Waals surface area contributed by atoms with Crippen molar-refractivity contribution in [1.82, 2.24) is 19.8 Å². The van der Waals surface area contributed by atoms with Crippen molar-refractivity contribution in [3.63, 3.8) is 0 Å². The number of imidazole rings is 1. The first-order valence-electron chi connectivity index (χ1n) is 8.10. The smallest absolute Gasteiger partial charge is 0.254 e. The molecule has 1 aromatic carbocycles. The summed E-state index contributed by atoms with van der Waals surface area (Å²) in [4.78, 5) is 31.1. The van der Waals surface area contributed by atoms with Crippen molar-refractivity contribution < 1.29 is 9.59 Å². The van der Waals surface area contributed by atoms with Crippen LogP contribution in [-0.2, 0) is 11.3 Å². The lowest BCUT2D eigenvalue weighted by Crippen LogP contribution is -2.47. The van der Waals surface area contributed by atoms with Gasteiger partial charge in [0.05, 0.1) is 36.7 Å². The maximum absolute atomic E-state index is 12.8. The maximum atomic E-state index is 12.8. The molecule has 0 saturated carbocycles. The van der Waals surface area contributed by atoms with Crippen LogP contribution in [0.25, 0.3) is 0 Å². The molecule has 128 valence electrons. The molecular weight excluding hydrogens is 318 g/mol. The lowest BCUT2D eigenvalue weighted by atomic mass is 10.1. The minimum absolute atomic E-state index is 0.0119. The molecule has 1 N–H and O–H groups in total. The quantitative estimate of drug-likeness (QED) is 0.918. The fraction of sp³-hybridized carbons (Fsp3) is 0.333. The Balaban J connectivity index is 1.87. The molecule has 0 fully saturated rings. The number of nitrogens with zero attached hydrogens (tertiary/aromatic N) is 4. The Bertz CT molecular complexity index is 849. The molecule has 0 saturated heterocycles. The van der Waals surface area contributed by atoms with Crippen molar-refractivity contribution in [2.45, 2.75) is 32.5 Å². The highest BCUT2D eigenvalue weighted by Gasteiger charge is 2.33. The van der Waals surface area contributed by atoms with Gasteiger partial charge in [-0.2, -0.15) is 5.26 Å². The van der Waals surface area contributed by atoms with Crippen molar-refractivity contribution in [3.05, 3.63) is 53.6 Å². The van der Waals surface area contributed by atoms with Gasteiger partial charge >= 0.3 is 0 Å². The number of nitrogens with one attached hydrogen (secondary N) is 1. The number of hydrogen-bond donors (Lipinski definition) is 1. The second-order valence-corrected chi connectivity index (χ2v) is 6.35. The third kappa shape index (κ3) is 3.38.